The van der Waals surface area contributed by atoms with Crippen LogP contribution in [-0.4, -0.2) is 79.0 Å². The summed E-state index contributed by atoms with van der Waals surface area (Å²) in [6.45, 7) is 7.79. The van der Waals surface area contributed by atoms with Crippen LogP contribution in [0.4, 0.5) is 11.5 Å². The lowest BCUT2D eigenvalue weighted by Gasteiger charge is -2.23. The van der Waals surface area contributed by atoms with Crippen LogP contribution in [0.2, 0.25) is 5.02 Å². The molecular formula is C23H31ClN6O. The summed E-state index contributed by atoms with van der Waals surface area (Å²) >= 11 is 6.20. The molecule has 0 radical (unpaired) electrons. The first-order valence-corrected chi connectivity index (χ1v) is 11.3. The maximum absolute atomic E-state index is 13.1. The summed E-state index contributed by atoms with van der Waals surface area (Å²) in [5.41, 5.74) is 2.76. The summed E-state index contributed by atoms with van der Waals surface area (Å²) in [5.74, 6) is 1.84. The molecule has 1 amide bonds. The Kier molecular flexibility index (Phi) is 6.62. The van der Waals surface area contributed by atoms with Gasteiger partial charge in [-0.05, 0) is 49.4 Å². The number of nitrogens with one attached hydrogen (secondary N) is 1. The molecule has 0 aliphatic carbocycles. The summed E-state index contributed by atoms with van der Waals surface area (Å²) in [6.07, 6.45) is 4.21. The quantitative estimate of drug-likeness (QED) is 0.665. The van der Waals surface area contributed by atoms with Crippen LogP contribution in [-0.2, 0) is 0 Å². The molecule has 2 aliphatic rings. The third-order valence-electron chi connectivity index (χ3n) is 6.35. The Bertz CT molecular complexity index is 922. The predicted octanol–water partition coefficient (Wildman–Crippen LogP) is 3.01. The Balaban J connectivity index is 1.23. The highest BCUT2D eigenvalue weighted by Gasteiger charge is 2.41. The van der Waals surface area contributed by atoms with Crippen LogP contribution in [0.3, 0.4) is 0 Å². The van der Waals surface area contributed by atoms with E-state index in [0.717, 1.165) is 62.0 Å². The van der Waals surface area contributed by atoms with Gasteiger partial charge in [0.2, 0.25) is 0 Å². The number of carbonyl (C=O) groups excluding carboxylic acids is 1. The monoisotopic (exact) mass is 442 g/mol. The molecule has 2 fully saturated rings. The standard InChI is InChI=1S/C23H31ClN6O/c1-16-5-6-19(9-21(16)24)26-7-4-8-29-11-17-13-30(14-18(17)12-29)23(31)20-10-25-15-27-22(20)28(2)3/h5-6,9-10,15,17-18,26H,4,7-8,11-14H2,1-3H3. The van der Waals surface area contributed by atoms with Crippen LogP contribution in [0.25, 0.3) is 0 Å². The van der Waals surface area contributed by atoms with Gasteiger partial charge >= 0.3 is 0 Å². The van der Waals surface area contributed by atoms with E-state index in [9.17, 15) is 4.79 Å². The van der Waals surface area contributed by atoms with E-state index in [1.165, 1.54) is 6.33 Å². The third-order valence-corrected chi connectivity index (χ3v) is 6.75. The smallest absolute Gasteiger partial charge is 0.259 e. The Morgan fingerprint density at radius 3 is 2.65 bits per heavy atom. The minimum atomic E-state index is 0.0474. The van der Waals surface area contributed by atoms with Gasteiger partial charge in [-0.2, -0.15) is 0 Å². The number of carbonyl (C=O) groups is 1. The summed E-state index contributed by atoms with van der Waals surface area (Å²) in [4.78, 5) is 27.8. The average molecular weight is 443 g/mol. The molecule has 1 aromatic carbocycles. The number of nitrogens with zero attached hydrogens (tertiary/aromatic N) is 5. The molecular weight excluding hydrogens is 412 g/mol. The molecule has 0 bridgehead atoms. The molecule has 31 heavy (non-hydrogen) atoms. The van der Waals surface area contributed by atoms with Gasteiger partial charge in [-0.3, -0.25) is 4.79 Å². The molecule has 1 N–H and O–H groups in total. The zero-order chi connectivity index (χ0) is 22.0. The van der Waals surface area contributed by atoms with E-state index in [-0.39, 0.29) is 5.91 Å². The van der Waals surface area contributed by atoms with Crippen LogP contribution in [0.5, 0.6) is 0 Å². The zero-order valence-corrected chi connectivity index (χ0v) is 19.3. The summed E-state index contributed by atoms with van der Waals surface area (Å²) < 4.78 is 0. The maximum atomic E-state index is 13.1. The van der Waals surface area contributed by atoms with Gasteiger partial charge in [-0.25, -0.2) is 9.97 Å². The molecule has 0 spiro atoms. The van der Waals surface area contributed by atoms with Crippen molar-refractivity contribution >= 4 is 29.0 Å². The van der Waals surface area contributed by atoms with Crippen LogP contribution in [0.1, 0.15) is 22.3 Å². The van der Waals surface area contributed by atoms with E-state index in [2.05, 4.69) is 26.3 Å². The highest BCUT2D eigenvalue weighted by Crippen LogP contribution is 2.32. The summed E-state index contributed by atoms with van der Waals surface area (Å²) in [5, 5.41) is 4.26. The number of benzene rings is 1. The van der Waals surface area contributed by atoms with Gasteiger partial charge in [-0.15, -0.1) is 0 Å². The first-order valence-electron chi connectivity index (χ1n) is 10.9. The number of amides is 1. The fourth-order valence-electron chi connectivity index (χ4n) is 4.68. The number of anilines is 2. The highest BCUT2D eigenvalue weighted by atomic mass is 35.5. The number of rotatable bonds is 7. The van der Waals surface area contributed by atoms with E-state index in [0.29, 0.717) is 23.2 Å². The number of halogens is 1. The van der Waals surface area contributed by atoms with Crippen LogP contribution in [0.15, 0.2) is 30.7 Å². The Labute approximate surface area is 189 Å². The Morgan fingerprint density at radius 1 is 1.23 bits per heavy atom. The molecule has 1 aromatic heterocycles. The Morgan fingerprint density at radius 2 is 1.97 bits per heavy atom. The van der Waals surface area contributed by atoms with Crippen LogP contribution >= 0.6 is 11.6 Å². The van der Waals surface area contributed by atoms with Crippen LogP contribution < -0.4 is 10.2 Å². The lowest BCUT2D eigenvalue weighted by molar-refractivity contribution is 0.0774. The largest absolute Gasteiger partial charge is 0.385 e. The van der Waals surface area contributed by atoms with Crippen molar-refractivity contribution in [1.82, 2.24) is 19.8 Å². The topological polar surface area (TPSA) is 64.6 Å². The fourth-order valence-corrected chi connectivity index (χ4v) is 4.86. The van der Waals surface area contributed by atoms with E-state index < -0.39 is 0 Å². The lowest BCUT2D eigenvalue weighted by atomic mass is 10.0. The molecule has 2 aliphatic heterocycles. The fraction of sp³-hybridized carbons (Fsp3) is 0.522. The zero-order valence-electron chi connectivity index (χ0n) is 18.5. The number of aryl methyl sites for hydroxylation is 1. The molecule has 2 unspecified atom stereocenters. The minimum Gasteiger partial charge on any atom is -0.385 e. The van der Waals surface area contributed by atoms with E-state index in [4.69, 9.17) is 11.6 Å². The Hall–Kier alpha value is -2.38. The molecule has 2 saturated heterocycles. The minimum absolute atomic E-state index is 0.0474. The number of aromatic nitrogens is 2. The molecule has 8 heteroatoms. The average Bonchev–Trinajstić information content (AvgIpc) is 3.32. The predicted molar refractivity (Wildman–Crippen MR) is 125 cm³/mol. The van der Waals surface area contributed by atoms with Gasteiger partial charge in [-0.1, -0.05) is 17.7 Å². The van der Waals surface area contributed by atoms with Crippen molar-refractivity contribution in [3.8, 4) is 0 Å². The molecule has 166 valence electrons. The SMILES string of the molecule is Cc1ccc(NCCCN2CC3CN(C(=O)c4cncnc4N(C)C)CC3C2)cc1Cl. The van der Waals surface area contributed by atoms with Gasteiger partial charge in [0.25, 0.3) is 5.91 Å². The number of hydrogen-bond donors (Lipinski definition) is 1. The van der Waals surface area contributed by atoms with Gasteiger partial charge in [0.05, 0.1) is 0 Å². The van der Waals surface area contributed by atoms with Gasteiger partial charge in [0.15, 0.2) is 0 Å². The van der Waals surface area contributed by atoms with Gasteiger partial charge in [0, 0.05) is 63.7 Å². The molecule has 2 atom stereocenters. The van der Waals surface area contributed by atoms with Gasteiger partial charge < -0.3 is 20.0 Å². The molecule has 2 aromatic rings. The summed E-state index contributed by atoms with van der Waals surface area (Å²) in [7, 11) is 3.80. The van der Waals surface area contributed by atoms with Crippen molar-refractivity contribution in [2.75, 3.05) is 63.6 Å². The molecule has 3 heterocycles. The summed E-state index contributed by atoms with van der Waals surface area (Å²) in [6, 6.07) is 6.11. The van der Waals surface area contributed by atoms with Crippen molar-refractivity contribution in [2.24, 2.45) is 11.8 Å². The van der Waals surface area contributed by atoms with Crippen LogP contribution in [0, 0.1) is 18.8 Å². The third kappa shape index (κ3) is 4.93. The normalized spacial score (nSPS) is 20.7. The van der Waals surface area contributed by atoms with E-state index >= 15 is 0 Å². The highest BCUT2D eigenvalue weighted by molar-refractivity contribution is 6.31. The first-order chi connectivity index (χ1) is 14.9. The molecule has 7 nitrogen and oxygen atoms in total. The van der Waals surface area contributed by atoms with Crippen molar-refractivity contribution in [3.05, 3.63) is 46.9 Å². The number of likely N-dealkylation sites (tertiary alicyclic amines) is 2. The molecule has 0 saturated carbocycles. The lowest BCUT2D eigenvalue weighted by Crippen LogP contribution is -2.34. The van der Waals surface area contributed by atoms with Crippen molar-refractivity contribution in [3.63, 3.8) is 0 Å². The second kappa shape index (κ2) is 9.40. The molecule has 4 rings (SSSR count). The van der Waals surface area contributed by atoms with Crippen molar-refractivity contribution in [1.29, 1.82) is 0 Å². The van der Waals surface area contributed by atoms with Crippen molar-refractivity contribution < 1.29 is 4.79 Å². The number of fused-ring (bicyclic) bond motifs is 1. The van der Waals surface area contributed by atoms with E-state index in [1.807, 2.05) is 43.0 Å². The van der Waals surface area contributed by atoms with Crippen molar-refractivity contribution in [2.45, 2.75) is 13.3 Å². The maximum Gasteiger partial charge on any atom is 0.259 e. The van der Waals surface area contributed by atoms with Gasteiger partial charge in [0.1, 0.15) is 17.7 Å². The first kappa shape index (κ1) is 21.8. The van der Waals surface area contributed by atoms with E-state index in [1.54, 1.807) is 6.20 Å². The number of hydrogen-bond acceptors (Lipinski definition) is 6. The second-order valence-electron chi connectivity index (χ2n) is 8.89. The second-order valence-corrected chi connectivity index (χ2v) is 9.30.